The summed E-state index contributed by atoms with van der Waals surface area (Å²) in [5.41, 5.74) is 7.68. The Kier molecular flexibility index (Phi) is 8.58. The fraction of sp³-hybridized carbons (Fsp3) is 0.550. The number of hydrogen-bond donors (Lipinski definition) is 3. The zero-order valence-corrected chi connectivity index (χ0v) is 16.7. The van der Waals surface area contributed by atoms with Gasteiger partial charge in [0.2, 0.25) is 5.95 Å². The van der Waals surface area contributed by atoms with Crippen molar-refractivity contribution in [1.29, 1.82) is 0 Å². The molecule has 4 N–H and O–H groups in total. The summed E-state index contributed by atoms with van der Waals surface area (Å²) in [7, 11) is 0. The maximum Gasteiger partial charge on any atom is 0.303 e. The van der Waals surface area contributed by atoms with Crippen molar-refractivity contribution < 1.29 is 9.90 Å². The van der Waals surface area contributed by atoms with Gasteiger partial charge in [0.25, 0.3) is 0 Å². The minimum Gasteiger partial charge on any atom is -0.481 e. The quantitative estimate of drug-likeness (QED) is 0.474. The topological polar surface area (TPSA) is 127 Å². The van der Waals surface area contributed by atoms with Crippen LogP contribution in [-0.4, -0.2) is 37.6 Å². The summed E-state index contributed by atoms with van der Waals surface area (Å²) < 4.78 is 0. The Labute approximate surface area is 166 Å². The molecule has 0 spiro atoms. The van der Waals surface area contributed by atoms with Crippen LogP contribution < -0.4 is 11.1 Å². The molecule has 0 aliphatic carbocycles. The molecule has 8 nitrogen and oxygen atoms in total. The van der Waals surface area contributed by atoms with Gasteiger partial charge in [0.05, 0.1) is 6.42 Å². The first-order chi connectivity index (χ1) is 13.5. The molecule has 0 aliphatic rings. The molecule has 0 saturated carbocycles. The number of carboxylic acid groups (broad SMARTS) is 1. The molecule has 0 radical (unpaired) electrons. The van der Waals surface area contributed by atoms with Gasteiger partial charge in [-0.3, -0.25) is 4.79 Å². The number of aromatic nitrogens is 4. The highest BCUT2D eigenvalue weighted by molar-refractivity contribution is 5.68. The van der Waals surface area contributed by atoms with Gasteiger partial charge in [0.15, 0.2) is 0 Å². The Bertz CT molecular complexity index is 751. The monoisotopic (exact) mass is 386 g/mol. The highest BCUT2D eigenvalue weighted by Crippen LogP contribution is 2.25. The lowest BCUT2D eigenvalue weighted by Gasteiger charge is -2.14. The summed E-state index contributed by atoms with van der Waals surface area (Å²) in [4.78, 5) is 28.2. The van der Waals surface area contributed by atoms with Crippen LogP contribution in [0.5, 0.6) is 0 Å². The highest BCUT2D eigenvalue weighted by Gasteiger charge is 2.16. The lowest BCUT2D eigenvalue weighted by Crippen LogP contribution is -2.08. The maximum absolute atomic E-state index is 11.2. The Morgan fingerprint density at radius 3 is 2.57 bits per heavy atom. The minimum atomic E-state index is -0.789. The molecule has 2 aromatic heterocycles. The standard InChI is InChI=1S/C20H30N6O2/c1-3-22-20-25-17(11-18(21)26-20)9-7-5-4-6-8-15(10-19(27)28)16-12-23-14(2)24-13-16/h11-13,15H,3-10H2,1-2H3,(H,27,28)(H3,21,22,25,26)/t15-/m1/s1. The molecule has 0 aromatic carbocycles. The van der Waals surface area contributed by atoms with E-state index in [4.69, 9.17) is 5.73 Å². The Hall–Kier alpha value is -2.77. The van der Waals surface area contributed by atoms with E-state index in [2.05, 4.69) is 25.3 Å². The molecule has 8 heteroatoms. The first-order valence-electron chi connectivity index (χ1n) is 9.85. The molecule has 2 rings (SSSR count). The van der Waals surface area contributed by atoms with Crippen LogP contribution >= 0.6 is 0 Å². The van der Waals surface area contributed by atoms with Gasteiger partial charge in [-0.1, -0.05) is 19.3 Å². The average molecular weight is 386 g/mol. The van der Waals surface area contributed by atoms with E-state index in [-0.39, 0.29) is 12.3 Å². The van der Waals surface area contributed by atoms with E-state index in [1.165, 1.54) is 0 Å². The predicted octanol–water partition coefficient (Wildman–Crippen LogP) is 3.34. The van der Waals surface area contributed by atoms with E-state index in [1.807, 2.05) is 19.9 Å². The van der Waals surface area contributed by atoms with Gasteiger partial charge in [0.1, 0.15) is 11.6 Å². The van der Waals surface area contributed by atoms with E-state index in [9.17, 15) is 9.90 Å². The molecule has 152 valence electrons. The Balaban J connectivity index is 1.76. The minimum absolute atomic E-state index is 0.0394. The van der Waals surface area contributed by atoms with Crippen molar-refractivity contribution in [3.05, 3.63) is 35.5 Å². The number of carbonyl (C=O) groups is 1. The SMILES string of the molecule is CCNc1nc(N)cc(CCCCCC[C@H](CC(=O)O)c2cnc(C)nc2)n1. The normalized spacial score (nSPS) is 11.9. The van der Waals surface area contributed by atoms with E-state index >= 15 is 0 Å². The van der Waals surface area contributed by atoms with Crippen molar-refractivity contribution >= 4 is 17.7 Å². The van der Waals surface area contributed by atoms with Gasteiger partial charge < -0.3 is 16.2 Å². The van der Waals surface area contributed by atoms with Crippen LogP contribution in [0.2, 0.25) is 0 Å². The third kappa shape index (κ3) is 7.46. The van der Waals surface area contributed by atoms with Gasteiger partial charge in [-0.15, -0.1) is 0 Å². The molecule has 1 atom stereocenters. The zero-order chi connectivity index (χ0) is 20.4. The van der Waals surface area contributed by atoms with Gasteiger partial charge in [-0.25, -0.2) is 15.0 Å². The summed E-state index contributed by atoms with van der Waals surface area (Å²) in [6.07, 6.45) is 9.38. The number of carboxylic acids is 1. The van der Waals surface area contributed by atoms with Crippen molar-refractivity contribution in [2.75, 3.05) is 17.6 Å². The van der Waals surface area contributed by atoms with E-state index < -0.39 is 5.97 Å². The number of nitrogens with two attached hydrogens (primary N) is 1. The van der Waals surface area contributed by atoms with E-state index in [1.54, 1.807) is 12.4 Å². The molecule has 0 amide bonds. The van der Waals surface area contributed by atoms with Crippen LogP contribution in [0.25, 0.3) is 0 Å². The number of aryl methyl sites for hydroxylation is 2. The third-order valence-electron chi connectivity index (χ3n) is 4.56. The molecule has 0 unspecified atom stereocenters. The van der Waals surface area contributed by atoms with Gasteiger partial charge in [0, 0.05) is 30.7 Å². The molecular formula is C20H30N6O2. The molecule has 2 aromatic rings. The largest absolute Gasteiger partial charge is 0.481 e. The second kappa shape index (κ2) is 11.2. The lowest BCUT2D eigenvalue weighted by molar-refractivity contribution is -0.137. The van der Waals surface area contributed by atoms with Crippen molar-refractivity contribution in [2.45, 2.75) is 64.7 Å². The Morgan fingerprint density at radius 1 is 1.18 bits per heavy atom. The van der Waals surface area contributed by atoms with Crippen LogP contribution in [-0.2, 0) is 11.2 Å². The highest BCUT2D eigenvalue weighted by atomic mass is 16.4. The van der Waals surface area contributed by atoms with Crippen LogP contribution in [0.3, 0.4) is 0 Å². The number of aliphatic carboxylic acids is 1. The van der Waals surface area contributed by atoms with Gasteiger partial charge >= 0.3 is 5.97 Å². The van der Waals surface area contributed by atoms with Crippen molar-refractivity contribution in [3.63, 3.8) is 0 Å². The first kappa shape index (κ1) is 21.5. The van der Waals surface area contributed by atoms with Crippen molar-refractivity contribution in [2.24, 2.45) is 0 Å². The van der Waals surface area contributed by atoms with Crippen molar-refractivity contribution in [3.8, 4) is 0 Å². The van der Waals surface area contributed by atoms with E-state index in [0.717, 1.165) is 56.3 Å². The molecule has 0 aliphatic heterocycles. The molecule has 0 fully saturated rings. The van der Waals surface area contributed by atoms with E-state index in [0.29, 0.717) is 17.6 Å². The number of nitrogen functional groups attached to an aromatic ring is 1. The van der Waals surface area contributed by atoms with Gasteiger partial charge in [-0.05, 0) is 44.6 Å². The molecule has 28 heavy (non-hydrogen) atoms. The lowest BCUT2D eigenvalue weighted by atomic mass is 9.92. The zero-order valence-electron chi connectivity index (χ0n) is 16.7. The Morgan fingerprint density at radius 2 is 1.89 bits per heavy atom. The summed E-state index contributed by atoms with van der Waals surface area (Å²) in [5.74, 6) is 0.929. The van der Waals surface area contributed by atoms with Crippen LogP contribution in [0.4, 0.5) is 11.8 Å². The second-order valence-corrected chi connectivity index (χ2v) is 6.95. The summed E-state index contributed by atoms with van der Waals surface area (Å²) >= 11 is 0. The fourth-order valence-electron chi connectivity index (χ4n) is 3.14. The number of rotatable bonds is 12. The number of nitrogens with one attached hydrogen (secondary N) is 1. The number of hydrogen-bond acceptors (Lipinski definition) is 7. The number of unbranched alkanes of at least 4 members (excludes halogenated alkanes) is 3. The molecule has 2 heterocycles. The summed E-state index contributed by atoms with van der Waals surface area (Å²) in [6.45, 7) is 4.57. The number of anilines is 2. The smallest absolute Gasteiger partial charge is 0.303 e. The summed E-state index contributed by atoms with van der Waals surface area (Å²) in [6, 6.07) is 1.82. The van der Waals surface area contributed by atoms with Crippen molar-refractivity contribution in [1.82, 2.24) is 19.9 Å². The maximum atomic E-state index is 11.2. The average Bonchev–Trinajstić information content (AvgIpc) is 2.64. The van der Waals surface area contributed by atoms with Crippen LogP contribution in [0, 0.1) is 6.92 Å². The second-order valence-electron chi connectivity index (χ2n) is 6.95. The third-order valence-corrected chi connectivity index (χ3v) is 4.56. The number of nitrogens with zero attached hydrogens (tertiary/aromatic N) is 4. The predicted molar refractivity (Wildman–Crippen MR) is 109 cm³/mol. The molecule has 0 bridgehead atoms. The first-order valence-corrected chi connectivity index (χ1v) is 9.85. The summed E-state index contributed by atoms with van der Waals surface area (Å²) in [5, 5.41) is 12.3. The van der Waals surface area contributed by atoms with Gasteiger partial charge in [-0.2, -0.15) is 4.98 Å². The fourth-order valence-corrected chi connectivity index (χ4v) is 3.14. The molecular weight excluding hydrogens is 356 g/mol. The van der Waals surface area contributed by atoms with Crippen LogP contribution in [0.15, 0.2) is 18.5 Å². The van der Waals surface area contributed by atoms with Crippen LogP contribution in [0.1, 0.15) is 68.4 Å². The molecule has 0 saturated heterocycles.